The summed E-state index contributed by atoms with van der Waals surface area (Å²) in [7, 11) is 0. The van der Waals surface area contributed by atoms with Crippen LogP contribution in [0.25, 0.3) is 0 Å². The van der Waals surface area contributed by atoms with Crippen LogP contribution in [-0.2, 0) is 11.3 Å². The van der Waals surface area contributed by atoms with Crippen LogP contribution in [-0.4, -0.2) is 41.5 Å². The summed E-state index contributed by atoms with van der Waals surface area (Å²) in [6, 6.07) is 9.44. The summed E-state index contributed by atoms with van der Waals surface area (Å²) in [4.78, 5) is 18.7. The maximum absolute atomic E-state index is 12.3. The van der Waals surface area contributed by atoms with Crippen molar-refractivity contribution in [3.05, 3.63) is 46.6 Å². The Bertz CT molecular complexity index is 951. The molecule has 0 unspecified atom stereocenters. The Balaban J connectivity index is 1.35. The van der Waals surface area contributed by atoms with Gasteiger partial charge in [0.05, 0.1) is 5.02 Å². The van der Waals surface area contributed by atoms with E-state index in [9.17, 15) is 4.79 Å². The van der Waals surface area contributed by atoms with Gasteiger partial charge in [-0.1, -0.05) is 23.7 Å². The summed E-state index contributed by atoms with van der Waals surface area (Å²) < 4.78 is 22.3. The predicted octanol–water partition coefficient (Wildman–Crippen LogP) is 5.16. The molecule has 2 aliphatic rings. The number of likely N-dealkylation sites (tertiary alicyclic amines) is 1. The van der Waals surface area contributed by atoms with Gasteiger partial charge in [0.2, 0.25) is 12.7 Å². The van der Waals surface area contributed by atoms with E-state index in [2.05, 4.69) is 0 Å². The number of hydrogen-bond acceptors (Lipinski definition) is 6. The van der Waals surface area contributed by atoms with Gasteiger partial charge in [-0.25, -0.2) is 9.78 Å². The molecular formula is C23H27ClN2O5. The first-order valence-electron chi connectivity index (χ1n) is 10.4. The lowest BCUT2D eigenvalue weighted by molar-refractivity contribution is 0.0204. The van der Waals surface area contributed by atoms with E-state index in [0.29, 0.717) is 42.1 Å². The zero-order valence-electron chi connectivity index (χ0n) is 18.0. The number of nitrogens with zero attached hydrogens (tertiary/aromatic N) is 2. The van der Waals surface area contributed by atoms with Crippen LogP contribution in [0.2, 0.25) is 5.02 Å². The summed E-state index contributed by atoms with van der Waals surface area (Å²) in [5, 5.41) is 0.522. The van der Waals surface area contributed by atoms with E-state index < -0.39 is 5.60 Å². The standard InChI is InChI=1S/C23H27ClN2O5/c1-23(2,3)31-22(27)26-11-9-15(10-12-26)18-5-4-6-19(25-18)28-13-16-7-8-17(24)21-20(16)29-14-30-21/h4-8,15H,9-14H2,1-3H3. The lowest BCUT2D eigenvalue weighted by Crippen LogP contribution is -2.41. The molecule has 1 aromatic heterocycles. The number of fused-ring (bicyclic) bond motifs is 1. The van der Waals surface area contributed by atoms with Crippen molar-refractivity contribution in [2.45, 2.75) is 51.7 Å². The van der Waals surface area contributed by atoms with E-state index in [4.69, 9.17) is 35.5 Å². The van der Waals surface area contributed by atoms with Crippen molar-refractivity contribution in [3.8, 4) is 17.4 Å². The molecule has 7 nitrogen and oxygen atoms in total. The minimum absolute atomic E-state index is 0.155. The minimum Gasteiger partial charge on any atom is -0.473 e. The van der Waals surface area contributed by atoms with E-state index in [1.165, 1.54) is 0 Å². The first kappa shape index (κ1) is 21.6. The zero-order chi connectivity index (χ0) is 22.0. The zero-order valence-corrected chi connectivity index (χ0v) is 18.8. The molecule has 0 saturated carbocycles. The fourth-order valence-electron chi connectivity index (χ4n) is 3.71. The van der Waals surface area contributed by atoms with E-state index in [0.717, 1.165) is 24.1 Å². The molecule has 3 heterocycles. The number of piperidine rings is 1. The second-order valence-electron chi connectivity index (χ2n) is 8.70. The number of amides is 1. The monoisotopic (exact) mass is 446 g/mol. The fourth-order valence-corrected chi connectivity index (χ4v) is 3.91. The summed E-state index contributed by atoms with van der Waals surface area (Å²) in [6.45, 7) is 7.40. The molecule has 0 bridgehead atoms. The average molecular weight is 447 g/mol. The van der Waals surface area contributed by atoms with Crippen LogP contribution >= 0.6 is 11.6 Å². The van der Waals surface area contributed by atoms with Crippen molar-refractivity contribution in [2.75, 3.05) is 19.9 Å². The normalized spacial score (nSPS) is 16.3. The molecule has 0 aliphatic carbocycles. The molecule has 4 rings (SSSR count). The van der Waals surface area contributed by atoms with Crippen molar-refractivity contribution in [2.24, 2.45) is 0 Å². The number of carbonyl (C=O) groups is 1. The number of benzene rings is 1. The fraction of sp³-hybridized carbons (Fsp3) is 0.478. The first-order chi connectivity index (χ1) is 14.8. The molecule has 0 radical (unpaired) electrons. The van der Waals surface area contributed by atoms with E-state index in [1.807, 2.05) is 45.0 Å². The largest absolute Gasteiger partial charge is 0.473 e. The molecule has 0 spiro atoms. The SMILES string of the molecule is CC(C)(C)OC(=O)N1CCC(c2cccc(OCc3ccc(Cl)c4c3OCO4)n2)CC1. The molecule has 166 valence electrons. The smallest absolute Gasteiger partial charge is 0.410 e. The molecule has 1 aromatic carbocycles. The Kier molecular flexibility index (Phi) is 6.14. The number of ether oxygens (including phenoxy) is 4. The Hall–Kier alpha value is -2.67. The number of rotatable bonds is 4. The van der Waals surface area contributed by atoms with Gasteiger partial charge >= 0.3 is 6.09 Å². The Morgan fingerprint density at radius 3 is 2.65 bits per heavy atom. The second-order valence-corrected chi connectivity index (χ2v) is 9.11. The summed E-state index contributed by atoms with van der Waals surface area (Å²) in [6.07, 6.45) is 1.43. The number of aromatic nitrogens is 1. The van der Waals surface area contributed by atoms with Gasteiger partial charge in [0.15, 0.2) is 11.5 Å². The minimum atomic E-state index is -0.484. The van der Waals surface area contributed by atoms with Crippen LogP contribution in [0.3, 0.4) is 0 Å². The molecule has 1 amide bonds. The maximum atomic E-state index is 12.3. The highest BCUT2D eigenvalue weighted by molar-refractivity contribution is 6.32. The van der Waals surface area contributed by atoms with Crippen LogP contribution in [0.1, 0.15) is 50.8 Å². The third kappa shape index (κ3) is 5.15. The van der Waals surface area contributed by atoms with Crippen molar-refractivity contribution in [1.82, 2.24) is 9.88 Å². The molecular weight excluding hydrogens is 420 g/mol. The van der Waals surface area contributed by atoms with Crippen molar-refractivity contribution in [3.63, 3.8) is 0 Å². The van der Waals surface area contributed by atoms with Gasteiger partial charge in [-0.15, -0.1) is 0 Å². The predicted molar refractivity (Wildman–Crippen MR) is 116 cm³/mol. The van der Waals surface area contributed by atoms with Crippen molar-refractivity contribution < 1.29 is 23.7 Å². The number of hydrogen-bond donors (Lipinski definition) is 0. The lowest BCUT2D eigenvalue weighted by Gasteiger charge is -2.33. The van der Waals surface area contributed by atoms with E-state index in [-0.39, 0.29) is 18.8 Å². The average Bonchev–Trinajstić information content (AvgIpc) is 3.23. The number of pyridine rings is 1. The van der Waals surface area contributed by atoms with E-state index >= 15 is 0 Å². The molecule has 2 aliphatic heterocycles. The van der Waals surface area contributed by atoms with Gasteiger partial charge in [-0.2, -0.15) is 0 Å². The molecule has 8 heteroatoms. The van der Waals surface area contributed by atoms with Gasteiger partial charge < -0.3 is 23.8 Å². The van der Waals surface area contributed by atoms with Gasteiger partial charge in [0.1, 0.15) is 12.2 Å². The van der Waals surface area contributed by atoms with Crippen LogP contribution in [0.5, 0.6) is 17.4 Å². The quantitative estimate of drug-likeness (QED) is 0.646. The topological polar surface area (TPSA) is 70.1 Å². The molecule has 31 heavy (non-hydrogen) atoms. The van der Waals surface area contributed by atoms with Crippen molar-refractivity contribution in [1.29, 1.82) is 0 Å². The van der Waals surface area contributed by atoms with Crippen LogP contribution in [0, 0.1) is 0 Å². The highest BCUT2D eigenvalue weighted by atomic mass is 35.5. The molecule has 0 atom stereocenters. The first-order valence-corrected chi connectivity index (χ1v) is 10.8. The van der Waals surface area contributed by atoms with E-state index in [1.54, 1.807) is 11.0 Å². The van der Waals surface area contributed by atoms with Crippen LogP contribution in [0.15, 0.2) is 30.3 Å². The molecule has 0 N–H and O–H groups in total. The summed E-state index contributed by atoms with van der Waals surface area (Å²) in [5.41, 5.74) is 1.35. The molecule has 1 fully saturated rings. The van der Waals surface area contributed by atoms with Gasteiger partial charge in [-0.05, 0) is 45.7 Å². The maximum Gasteiger partial charge on any atom is 0.410 e. The summed E-state index contributed by atoms with van der Waals surface area (Å²) in [5.74, 6) is 2.01. The lowest BCUT2D eigenvalue weighted by atomic mass is 9.93. The molecule has 2 aromatic rings. The Morgan fingerprint density at radius 1 is 1.16 bits per heavy atom. The highest BCUT2D eigenvalue weighted by Crippen LogP contribution is 2.41. The van der Waals surface area contributed by atoms with Crippen LogP contribution in [0.4, 0.5) is 4.79 Å². The third-order valence-corrected chi connectivity index (χ3v) is 5.54. The third-order valence-electron chi connectivity index (χ3n) is 5.24. The van der Waals surface area contributed by atoms with Gasteiger partial charge in [0, 0.05) is 36.3 Å². The molecule has 1 saturated heterocycles. The van der Waals surface area contributed by atoms with Crippen molar-refractivity contribution >= 4 is 17.7 Å². The van der Waals surface area contributed by atoms with Crippen LogP contribution < -0.4 is 14.2 Å². The second kappa shape index (κ2) is 8.83. The number of halogens is 1. The number of carbonyl (C=O) groups excluding carboxylic acids is 1. The Morgan fingerprint density at radius 2 is 1.90 bits per heavy atom. The Labute approximate surface area is 187 Å². The summed E-state index contributed by atoms with van der Waals surface area (Å²) >= 11 is 6.14. The highest BCUT2D eigenvalue weighted by Gasteiger charge is 2.28. The van der Waals surface area contributed by atoms with Gasteiger partial charge in [-0.3, -0.25) is 0 Å². The van der Waals surface area contributed by atoms with Gasteiger partial charge in [0.25, 0.3) is 0 Å².